The molecule has 1 fully saturated rings. The number of benzene rings is 1. The van der Waals surface area contributed by atoms with Gasteiger partial charge in [-0.15, -0.1) is 0 Å². The first-order valence-electron chi connectivity index (χ1n) is 10.2. The van der Waals surface area contributed by atoms with Crippen LogP contribution in [-0.2, 0) is 14.3 Å². The number of para-hydroxylation sites is 1. The summed E-state index contributed by atoms with van der Waals surface area (Å²) in [6, 6.07) is 9.11. The minimum Gasteiger partial charge on any atom is -0.414 e. The predicted molar refractivity (Wildman–Crippen MR) is 115 cm³/mol. The predicted octanol–water partition coefficient (Wildman–Crippen LogP) is 4.02. The smallest absolute Gasteiger partial charge is 0.272 e. The fraction of sp³-hybridized carbons (Fsp3) is 0.650. The molecule has 0 atom stereocenters. The van der Waals surface area contributed by atoms with Gasteiger partial charge in [-0.3, -0.25) is 0 Å². The van der Waals surface area contributed by atoms with E-state index >= 15 is 0 Å². The van der Waals surface area contributed by atoms with E-state index in [1.807, 2.05) is 18.2 Å². The summed E-state index contributed by atoms with van der Waals surface area (Å²) in [5, 5.41) is 11.4. The number of hydrogen-bond acceptors (Lipinski definition) is 6. The maximum Gasteiger partial charge on any atom is 0.272 e. The van der Waals surface area contributed by atoms with Gasteiger partial charge in [0, 0.05) is 6.10 Å². The third-order valence-electron chi connectivity index (χ3n) is 6.24. The normalized spacial score (nSPS) is 21.3. The molecule has 1 aliphatic carbocycles. The first-order valence-corrected chi connectivity index (χ1v) is 14.8. The Balaban J connectivity index is 1.63. The summed E-state index contributed by atoms with van der Waals surface area (Å²) in [7, 11) is -5.37. The van der Waals surface area contributed by atoms with Gasteiger partial charge in [0.15, 0.2) is 8.32 Å². The van der Waals surface area contributed by atoms with Gasteiger partial charge in [-0.05, 0) is 72.3 Å². The summed E-state index contributed by atoms with van der Waals surface area (Å²) in [5.41, 5.74) is 0.641. The topological polar surface area (TPSA) is 87.0 Å². The van der Waals surface area contributed by atoms with Crippen LogP contribution in [0.1, 0.15) is 46.5 Å². The van der Waals surface area contributed by atoms with E-state index in [0.29, 0.717) is 5.69 Å². The van der Waals surface area contributed by atoms with E-state index in [1.165, 1.54) is 4.68 Å². The van der Waals surface area contributed by atoms with Crippen LogP contribution < -0.4 is 0 Å². The van der Waals surface area contributed by atoms with E-state index in [0.717, 1.165) is 25.7 Å². The zero-order chi connectivity index (χ0) is 21.3. The number of tetrazole rings is 1. The Hall–Kier alpha value is -1.58. The molecular formula is C20H32N4O3SSi. The van der Waals surface area contributed by atoms with Crippen LogP contribution in [0, 0.1) is 5.92 Å². The van der Waals surface area contributed by atoms with Crippen LogP contribution in [0.25, 0.3) is 5.69 Å². The Morgan fingerprint density at radius 1 is 1.10 bits per heavy atom. The van der Waals surface area contributed by atoms with Gasteiger partial charge in [-0.2, -0.15) is 4.68 Å². The van der Waals surface area contributed by atoms with Gasteiger partial charge in [0.1, 0.15) is 0 Å². The lowest BCUT2D eigenvalue weighted by molar-refractivity contribution is 0.121. The van der Waals surface area contributed by atoms with Crippen LogP contribution in [-0.4, -0.2) is 48.8 Å². The van der Waals surface area contributed by atoms with Crippen LogP contribution in [0.5, 0.6) is 0 Å². The standard InChI is InChI=1S/C20H32N4O3SSi/c1-20(2,3)29(4,5)27-18-13-11-16(12-14-18)15-28(25,26)19-21-22-23-24(19)17-9-7-6-8-10-17/h6-10,16,18H,11-15H2,1-5H3/t16-,18-. The second-order valence-electron chi connectivity index (χ2n) is 9.51. The fourth-order valence-corrected chi connectivity index (χ4v) is 6.59. The molecule has 3 rings (SSSR count). The highest BCUT2D eigenvalue weighted by Crippen LogP contribution is 2.40. The number of rotatable bonds is 6. The number of aromatic nitrogens is 4. The zero-order valence-electron chi connectivity index (χ0n) is 18.0. The Labute approximate surface area is 174 Å². The monoisotopic (exact) mass is 436 g/mol. The quantitative estimate of drug-likeness (QED) is 0.636. The SMILES string of the molecule is CC(C)(C)[Si](C)(C)O[C@H]1CC[C@H](CS(=O)(=O)c2nnnn2-c2ccccc2)CC1. The Kier molecular flexibility index (Phi) is 6.31. The molecular weight excluding hydrogens is 404 g/mol. The molecule has 0 N–H and O–H groups in total. The molecule has 0 radical (unpaired) electrons. The molecule has 29 heavy (non-hydrogen) atoms. The van der Waals surface area contributed by atoms with E-state index in [1.54, 1.807) is 12.1 Å². The average Bonchev–Trinajstić information content (AvgIpc) is 3.14. The zero-order valence-corrected chi connectivity index (χ0v) is 19.8. The van der Waals surface area contributed by atoms with Crippen molar-refractivity contribution in [2.45, 2.75) is 75.8 Å². The minimum absolute atomic E-state index is 0.0764. The van der Waals surface area contributed by atoms with Gasteiger partial charge >= 0.3 is 0 Å². The summed E-state index contributed by atoms with van der Waals surface area (Å²) in [6.45, 7) is 11.3. The molecule has 1 aliphatic rings. The summed E-state index contributed by atoms with van der Waals surface area (Å²) in [5.74, 6) is 0.188. The third-order valence-corrected chi connectivity index (χ3v) is 12.5. The summed E-state index contributed by atoms with van der Waals surface area (Å²) in [6.07, 6.45) is 3.77. The van der Waals surface area contributed by atoms with Crippen LogP contribution in [0.3, 0.4) is 0 Å². The van der Waals surface area contributed by atoms with E-state index < -0.39 is 18.2 Å². The van der Waals surface area contributed by atoms with Gasteiger partial charge in [-0.1, -0.05) is 44.1 Å². The molecule has 2 aromatic rings. The van der Waals surface area contributed by atoms with Gasteiger partial charge in [0.2, 0.25) is 9.84 Å². The van der Waals surface area contributed by atoms with Gasteiger partial charge < -0.3 is 4.43 Å². The molecule has 1 heterocycles. The molecule has 0 unspecified atom stereocenters. The van der Waals surface area contributed by atoms with Crippen LogP contribution in [0.4, 0.5) is 0 Å². The number of nitrogens with zero attached hydrogens (tertiary/aromatic N) is 4. The average molecular weight is 437 g/mol. The van der Waals surface area contributed by atoms with Crippen molar-refractivity contribution in [3.05, 3.63) is 30.3 Å². The Bertz CT molecular complexity index is 915. The highest BCUT2D eigenvalue weighted by molar-refractivity contribution is 7.91. The van der Waals surface area contributed by atoms with Crippen molar-refractivity contribution in [1.29, 1.82) is 0 Å². The van der Waals surface area contributed by atoms with E-state index in [4.69, 9.17) is 4.43 Å². The van der Waals surface area contributed by atoms with Crippen molar-refractivity contribution in [2.24, 2.45) is 5.92 Å². The first-order chi connectivity index (χ1) is 13.5. The second kappa shape index (κ2) is 8.27. The second-order valence-corrected chi connectivity index (χ2v) is 16.2. The molecule has 0 amide bonds. The lowest BCUT2D eigenvalue weighted by atomic mass is 9.89. The van der Waals surface area contributed by atoms with Crippen molar-refractivity contribution in [2.75, 3.05) is 5.75 Å². The molecule has 7 nitrogen and oxygen atoms in total. The largest absolute Gasteiger partial charge is 0.414 e. The number of hydrogen-bond donors (Lipinski definition) is 0. The van der Waals surface area contributed by atoms with Crippen LogP contribution >= 0.6 is 0 Å². The lowest BCUT2D eigenvalue weighted by Crippen LogP contribution is -2.44. The maximum atomic E-state index is 13.0. The van der Waals surface area contributed by atoms with Gasteiger partial charge in [0.05, 0.1) is 11.4 Å². The fourth-order valence-electron chi connectivity index (χ4n) is 3.50. The Morgan fingerprint density at radius 2 is 1.72 bits per heavy atom. The van der Waals surface area contributed by atoms with Crippen LogP contribution in [0.15, 0.2) is 35.5 Å². The number of sulfone groups is 1. The summed E-state index contributed by atoms with van der Waals surface area (Å²) < 4.78 is 33.9. The van der Waals surface area contributed by atoms with E-state index in [9.17, 15) is 8.42 Å². The molecule has 0 bridgehead atoms. The molecule has 9 heteroatoms. The molecule has 1 aromatic heterocycles. The van der Waals surface area contributed by atoms with Crippen molar-refractivity contribution in [3.63, 3.8) is 0 Å². The summed E-state index contributed by atoms with van der Waals surface area (Å²) >= 11 is 0. The highest BCUT2D eigenvalue weighted by atomic mass is 32.2. The van der Waals surface area contributed by atoms with Crippen molar-refractivity contribution in [1.82, 2.24) is 20.2 Å². The van der Waals surface area contributed by atoms with Crippen LogP contribution in [0.2, 0.25) is 18.1 Å². The molecule has 0 aliphatic heterocycles. The van der Waals surface area contributed by atoms with Crippen molar-refractivity contribution in [3.8, 4) is 5.69 Å². The molecule has 1 saturated carbocycles. The van der Waals surface area contributed by atoms with Gasteiger partial charge in [-0.25, -0.2) is 8.42 Å². The minimum atomic E-state index is -3.58. The maximum absolute atomic E-state index is 13.0. The van der Waals surface area contributed by atoms with Crippen molar-refractivity contribution < 1.29 is 12.8 Å². The molecule has 1 aromatic carbocycles. The van der Waals surface area contributed by atoms with Gasteiger partial charge in [0.25, 0.3) is 5.16 Å². The molecule has 0 spiro atoms. The third kappa shape index (κ3) is 5.13. The lowest BCUT2D eigenvalue weighted by Gasteiger charge is -2.41. The first kappa shape index (κ1) is 22.1. The molecule has 0 saturated heterocycles. The Morgan fingerprint density at radius 3 is 2.31 bits per heavy atom. The highest BCUT2D eigenvalue weighted by Gasteiger charge is 2.40. The molecule has 160 valence electrons. The van der Waals surface area contributed by atoms with E-state index in [-0.39, 0.29) is 28.0 Å². The summed E-state index contributed by atoms with van der Waals surface area (Å²) in [4.78, 5) is 0. The van der Waals surface area contributed by atoms with E-state index in [2.05, 4.69) is 49.4 Å². The van der Waals surface area contributed by atoms with Crippen molar-refractivity contribution >= 4 is 18.2 Å².